The maximum Gasteiger partial charge on any atom is 0.273 e. The Bertz CT molecular complexity index is 1480. The highest BCUT2D eigenvalue weighted by Crippen LogP contribution is 2.23. The number of aromatic nitrogens is 2. The number of nitro groups is 1. The van der Waals surface area contributed by atoms with E-state index >= 15 is 0 Å². The highest BCUT2D eigenvalue weighted by molar-refractivity contribution is 7.91. The standard InChI is InChI=1S/C22H18N4O5S2/c1-14-6-7-17(13-19(14)26(28)29)21(27)23-22-25-24-20(32-22)10-11-33(30,31)18-9-8-15-4-2-3-5-16(15)12-18/h2-9,12-13H,10-11H2,1H3,(H,23,25,27). The Kier molecular flexibility index (Phi) is 6.16. The molecule has 3 aromatic carbocycles. The third kappa shape index (κ3) is 5.04. The highest BCUT2D eigenvalue weighted by Gasteiger charge is 2.19. The minimum Gasteiger partial charge on any atom is -0.296 e. The van der Waals surface area contributed by atoms with E-state index in [1.165, 1.54) is 18.2 Å². The molecule has 1 heterocycles. The molecule has 0 saturated carbocycles. The Morgan fingerprint density at radius 1 is 1.06 bits per heavy atom. The van der Waals surface area contributed by atoms with Gasteiger partial charge in [-0.3, -0.25) is 20.2 Å². The molecule has 0 fully saturated rings. The quantitative estimate of drug-likeness (QED) is 0.309. The molecule has 0 aliphatic rings. The minimum absolute atomic E-state index is 0.114. The highest BCUT2D eigenvalue weighted by atomic mass is 32.2. The zero-order chi connectivity index (χ0) is 23.6. The van der Waals surface area contributed by atoms with E-state index in [1.54, 1.807) is 25.1 Å². The van der Waals surface area contributed by atoms with Gasteiger partial charge < -0.3 is 0 Å². The van der Waals surface area contributed by atoms with Crippen molar-refractivity contribution in [1.82, 2.24) is 10.2 Å². The number of carbonyl (C=O) groups is 1. The molecule has 9 nitrogen and oxygen atoms in total. The van der Waals surface area contributed by atoms with Crippen LogP contribution in [0.3, 0.4) is 0 Å². The molecule has 0 saturated heterocycles. The molecule has 0 unspecified atom stereocenters. The van der Waals surface area contributed by atoms with Gasteiger partial charge in [0.2, 0.25) is 5.13 Å². The normalized spacial score (nSPS) is 11.4. The smallest absolute Gasteiger partial charge is 0.273 e. The average Bonchev–Trinajstić information content (AvgIpc) is 3.24. The van der Waals surface area contributed by atoms with Crippen molar-refractivity contribution in [3.63, 3.8) is 0 Å². The molecule has 0 aliphatic heterocycles. The van der Waals surface area contributed by atoms with Crippen LogP contribution in [0.1, 0.15) is 20.9 Å². The third-order valence-corrected chi connectivity index (χ3v) is 7.63. The molecule has 11 heteroatoms. The fourth-order valence-electron chi connectivity index (χ4n) is 3.22. The number of rotatable bonds is 7. The van der Waals surface area contributed by atoms with Crippen molar-refractivity contribution in [1.29, 1.82) is 0 Å². The monoisotopic (exact) mass is 482 g/mol. The van der Waals surface area contributed by atoms with Crippen LogP contribution in [0.25, 0.3) is 10.8 Å². The molecular formula is C22H18N4O5S2. The summed E-state index contributed by atoms with van der Waals surface area (Å²) in [6.07, 6.45) is 0.138. The summed E-state index contributed by atoms with van der Waals surface area (Å²) in [6.45, 7) is 1.59. The largest absolute Gasteiger partial charge is 0.296 e. The van der Waals surface area contributed by atoms with Crippen molar-refractivity contribution >= 4 is 48.7 Å². The Hall–Kier alpha value is -3.70. The Labute approximate surface area is 193 Å². The van der Waals surface area contributed by atoms with Gasteiger partial charge in [-0.15, -0.1) is 10.2 Å². The first-order chi connectivity index (χ1) is 15.7. The van der Waals surface area contributed by atoms with Gasteiger partial charge in [-0.2, -0.15) is 0 Å². The lowest BCUT2D eigenvalue weighted by atomic mass is 10.1. The molecule has 0 spiro atoms. The Balaban J connectivity index is 1.42. The predicted octanol–water partition coefficient (Wildman–Crippen LogP) is 4.18. The number of carbonyl (C=O) groups excluding carboxylic acids is 1. The summed E-state index contributed by atoms with van der Waals surface area (Å²) in [5.41, 5.74) is 0.407. The summed E-state index contributed by atoms with van der Waals surface area (Å²) >= 11 is 1.06. The van der Waals surface area contributed by atoms with Crippen LogP contribution in [0.2, 0.25) is 0 Å². The number of fused-ring (bicyclic) bond motifs is 1. The number of nitrogens with one attached hydrogen (secondary N) is 1. The molecule has 0 atom stereocenters. The zero-order valence-corrected chi connectivity index (χ0v) is 19.0. The number of aryl methyl sites for hydroxylation is 2. The summed E-state index contributed by atoms with van der Waals surface area (Å²) in [6, 6.07) is 16.7. The van der Waals surface area contributed by atoms with E-state index in [-0.39, 0.29) is 33.5 Å². The second kappa shape index (κ2) is 9.04. The fourth-order valence-corrected chi connectivity index (χ4v) is 5.37. The summed E-state index contributed by atoms with van der Waals surface area (Å²) in [7, 11) is -3.54. The molecular weight excluding hydrogens is 464 g/mol. The van der Waals surface area contributed by atoms with Gasteiger partial charge in [0.25, 0.3) is 11.6 Å². The first-order valence-corrected chi connectivity index (χ1v) is 12.3. The van der Waals surface area contributed by atoms with Crippen LogP contribution in [-0.2, 0) is 16.3 Å². The van der Waals surface area contributed by atoms with Crippen LogP contribution in [0, 0.1) is 17.0 Å². The Morgan fingerprint density at radius 3 is 2.58 bits per heavy atom. The van der Waals surface area contributed by atoms with Gasteiger partial charge in [-0.1, -0.05) is 47.7 Å². The van der Waals surface area contributed by atoms with Crippen molar-refractivity contribution < 1.29 is 18.1 Å². The van der Waals surface area contributed by atoms with Crippen molar-refractivity contribution in [2.24, 2.45) is 0 Å². The number of nitro benzene ring substituents is 1. The summed E-state index contributed by atoms with van der Waals surface area (Å²) in [5, 5.41) is 23.9. The predicted molar refractivity (Wildman–Crippen MR) is 125 cm³/mol. The van der Waals surface area contributed by atoms with Gasteiger partial charge >= 0.3 is 0 Å². The van der Waals surface area contributed by atoms with Crippen LogP contribution in [0.4, 0.5) is 10.8 Å². The summed E-state index contributed by atoms with van der Waals surface area (Å²) < 4.78 is 25.5. The van der Waals surface area contributed by atoms with Crippen molar-refractivity contribution in [2.75, 3.05) is 11.1 Å². The van der Waals surface area contributed by atoms with E-state index in [0.717, 1.165) is 22.1 Å². The molecule has 1 N–H and O–H groups in total. The maximum absolute atomic E-state index is 12.8. The molecule has 4 aromatic rings. The first kappa shape index (κ1) is 22.5. The van der Waals surface area contributed by atoms with Gasteiger partial charge in [0.05, 0.1) is 15.6 Å². The van der Waals surface area contributed by atoms with Crippen LogP contribution in [0.5, 0.6) is 0 Å². The van der Waals surface area contributed by atoms with E-state index in [0.29, 0.717) is 10.6 Å². The number of amides is 1. The molecule has 1 aromatic heterocycles. The van der Waals surface area contributed by atoms with Gasteiger partial charge in [-0.05, 0) is 35.9 Å². The van der Waals surface area contributed by atoms with Gasteiger partial charge in [-0.25, -0.2) is 8.42 Å². The first-order valence-electron chi connectivity index (χ1n) is 9.83. The lowest BCUT2D eigenvalue weighted by molar-refractivity contribution is -0.385. The zero-order valence-electron chi connectivity index (χ0n) is 17.4. The second-order valence-electron chi connectivity index (χ2n) is 7.29. The number of anilines is 1. The van der Waals surface area contributed by atoms with E-state index in [1.807, 2.05) is 24.3 Å². The summed E-state index contributed by atoms with van der Waals surface area (Å²) in [5.74, 6) is -0.720. The van der Waals surface area contributed by atoms with Crippen LogP contribution in [0.15, 0.2) is 65.6 Å². The van der Waals surface area contributed by atoms with Crippen LogP contribution < -0.4 is 5.32 Å². The van der Waals surface area contributed by atoms with E-state index in [2.05, 4.69) is 15.5 Å². The fraction of sp³-hybridized carbons (Fsp3) is 0.136. The van der Waals surface area contributed by atoms with Crippen LogP contribution >= 0.6 is 11.3 Å². The molecule has 168 valence electrons. The molecule has 4 rings (SSSR count). The second-order valence-corrected chi connectivity index (χ2v) is 10.5. The van der Waals surface area contributed by atoms with Crippen molar-refractivity contribution in [2.45, 2.75) is 18.2 Å². The number of sulfone groups is 1. The lowest BCUT2D eigenvalue weighted by Crippen LogP contribution is -2.12. The number of hydrogen-bond donors (Lipinski definition) is 1. The van der Waals surface area contributed by atoms with Crippen LogP contribution in [-0.4, -0.2) is 35.2 Å². The van der Waals surface area contributed by atoms with Gasteiger partial charge in [0, 0.05) is 23.6 Å². The lowest BCUT2D eigenvalue weighted by Gasteiger charge is -2.05. The number of benzene rings is 3. The van der Waals surface area contributed by atoms with Gasteiger partial charge in [0.1, 0.15) is 5.01 Å². The van der Waals surface area contributed by atoms with Gasteiger partial charge in [0.15, 0.2) is 9.84 Å². The maximum atomic E-state index is 12.8. The number of nitrogens with zero attached hydrogens (tertiary/aromatic N) is 3. The molecule has 0 radical (unpaired) electrons. The van der Waals surface area contributed by atoms with Crippen molar-refractivity contribution in [3.05, 3.63) is 86.9 Å². The molecule has 1 amide bonds. The topological polar surface area (TPSA) is 132 Å². The minimum atomic E-state index is -3.54. The average molecular weight is 483 g/mol. The van der Waals surface area contributed by atoms with E-state index in [4.69, 9.17) is 0 Å². The van der Waals surface area contributed by atoms with Crippen molar-refractivity contribution in [3.8, 4) is 0 Å². The Morgan fingerprint density at radius 2 is 1.82 bits per heavy atom. The van der Waals surface area contributed by atoms with E-state index in [9.17, 15) is 23.3 Å². The molecule has 33 heavy (non-hydrogen) atoms. The molecule has 0 aliphatic carbocycles. The summed E-state index contributed by atoms with van der Waals surface area (Å²) in [4.78, 5) is 23.2. The molecule has 0 bridgehead atoms. The third-order valence-electron chi connectivity index (χ3n) is 5.02. The van der Waals surface area contributed by atoms with E-state index < -0.39 is 20.7 Å². The SMILES string of the molecule is Cc1ccc(C(=O)Nc2nnc(CCS(=O)(=O)c3ccc4ccccc4c3)s2)cc1[N+](=O)[O-]. The number of hydrogen-bond acceptors (Lipinski definition) is 8.